The van der Waals surface area contributed by atoms with Gasteiger partial charge in [-0.15, -0.1) is 0 Å². The van der Waals surface area contributed by atoms with Crippen LogP contribution in [0.1, 0.15) is 52.9 Å². The van der Waals surface area contributed by atoms with Crippen LogP contribution in [-0.2, 0) is 0 Å². The lowest BCUT2D eigenvalue weighted by atomic mass is 9.65. The molecule has 0 spiro atoms. The predicted molar refractivity (Wildman–Crippen MR) is 58.8 cm³/mol. The lowest BCUT2D eigenvalue weighted by Gasteiger charge is -2.44. The topological polar surface area (TPSA) is 0 Å². The zero-order chi connectivity index (χ0) is 9.19. The van der Waals surface area contributed by atoms with E-state index in [-0.39, 0.29) is 0 Å². The quantitative estimate of drug-likeness (QED) is 0.621. The van der Waals surface area contributed by atoms with Crippen LogP contribution in [-0.4, -0.2) is 5.25 Å². The van der Waals surface area contributed by atoms with E-state index in [2.05, 4.69) is 33.4 Å². The lowest BCUT2D eigenvalue weighted by Crippen LogP contribution is -2.37. The minimum Gasteiger partial charge on any atom is -0.176 e. The molecule has 0 radical (unpaired) electrons. The summed E-state index contributed by atoms with van der Waals surface area (Å²) >= 11 is 4.64. The second-order valence-corrected chi connectivity index (χ2v) is 5.31. The molecule has 1 fully saturated rings. The van der Waals surface area contributed by atoms with Crippen LogP contribution in [0.15, 0.2) is 0 Å². The second-order valence-electron chi connectivity index (χ2n) is 4.53. The molecule has 1 saturated carbocycles. The average molecular weight is 186 g/mol. The fraction of sp³-hybridized carbons (Fsp3) is 1.00. The maximum absolute atomic E-state index is 4.64. The van der Waals surface area contributed by atoms with E-state index in [0.717, 1.165) is 5.92 Å². The minimum atomic E-state index is 0.510. The van der Waals surface area contributed by atoms with Gasteiger partial charge in [-0.1, -0.05) is 40.0 Å². The first-order valence-corrected chi connectivity index (χ1v) is 5.81. The Bertz CT molecular complexity index is 142. The third kappa shape index (κ3) is 1.81. The second kappa shape index (κ2) is 4.04. The van der Waals surface area contributed by atoms with Gasteiger partial charge in [0.15, 0.2) is 0 Å². The highest BCUT2D eigenvalue weighted by Crippen LogP contribution is 2.46. The summed E-state index contributed by atoms with van der Waals surface area (Å²) in [7, 11) is 0. The average Bonchev–Trinajstić information content (AvgIpc) is 2.05. The molecule has 0 aromatic carbocycles. The number of hydrogen-bond acceptors (Lipinski definition) is 1. The maximum atomic E-state index is 4.64. The molecule has 0 aromatic rings. The van der Waals surface area contributed by atoms with Gasteiger partial charge in [0.25, 0.3) is 0 Å². The Morgan fingerprint density at radius 3 is 2.58 bits per heavy atom. The van der Waals surface area contributed by atoms with Gasteiger partial charge in [0, 0.05) is 5.25 Å². The van der Waals surface area contributed by atoms with Gasteiger partial charge in [-0.2, -0.15) is 12.6 Å². The van der Waals surface area contributed by atoms with E-state index in [4.69, 9.17) is 0 Å². The van der Waals surface area contributed by atoms with Crippen molar-refractivity contribution in [2.75, 3.05) is 0 Å². The first kappa shape index (κ1) is 10.4. The molecule has 0 aromatic heterocycles. The van der Waals surface area contributed by atoms with Crippen molar-refractivity contribution in [1.29, 1.82) is 0 Å². The Balaban J connectivity index is 2.68. The highest BCUT2D eigenvalue weighted by atomic mass is 32.1. The summed E-state index contributed by atoms with van der Waals surface area (Å²) in [6, 6.07) is 0. The van der Waals surface area contributed by atoms with Crippen molar-refractivity contribution in [1.82, 2.24) is 0 Å². The van der Waals surface area contributed by atoms with Gasteiger partial charge in [-0.05, 0) is 24.2 Å². The molecule has 3 atom stereocenters. The van der Waals surface area contributed by atoms with Gasteiger partial charge >= 0.3 is 0 Å². The number of rotatable bonds is 2. The van der Waals surface area contributed by atoms with E-state index >= 15 is 0 Å². The first-order valence-electron chi connectivity index (χ1n) is 5.29. The van der Waals surface area contributed by atoms with Crippen molar-refractivity contribution in [3.05, 3.63) is 0 Å². The Morgan fingerprint density at radius 1 is 1.50 bits per heavy atom. The van der Waals surface area contributed by atoms with E-state index in [1.54, 1.807) is 0 Å². The van der Waals surface area contributed by atoms with Crippen LogP contribution in [0.25, 0.3) is 0 Å². The highest BCUT2D eigenvalue weighted by Gasteiger charge is 2.38. The molecule has 0 N–H and O–H groups in total. The number of hydrogen-bond donors (Lipinski definition) is 1. The Labute approximate surface area is 82.5 Å². The molecular weight excluding hydrogens is 164 g/mol. The molecule has 1 aliphatic rings. The van der Waals surface area contributed by atoms with Gasteiger partial charge in [0.1, 0.15) is 0 Å². The van der Waals surface area contributed by atoms with Gasteiger partial charge in [0.2, 0.25) is 0 Å². The number of thiol groups is 1. The van der Waals surface area contributed by atoms with Crippen molar-refractivity contribution in [3.8, 4) is 0 Å². The van der Waals surface area contributed by atoms with Gasteiger partial charge in [-0.25, -0.2) is 0 Å². The highest BCUT2D eigenvalue weighted by molar-refractivity contribution is 7.81. The molecule has 0 amide bonds. The zero-order valence-electron chi connectivity index (χ0n) is 8.64. The molecule has 0 nitrogen and oxygen atoms in total. The van der Waals surface area contributed by atoms with E-state index in [1.807, 2.05) is 0 Å². The summed E-state index contributed by atoms with van der Waals surface area (Å²) in [5.41, 5.74) is 0.510. The van der Waals surface area contributed by atoms with E-state index < -0.39 is 0 Å². The van der Waals surface area contributed by atoms with Crippen molar-refractivity contribution >= 4 is 12.6 Å². The molecule has 0 aliphatic heterocycles. The minimum absolute atomic E-state index is 0.510. The molecule has 1 rings (SSSR count). The Morgan fingerprint density at radius 2 is 2.17 bits per heavy atom. The smallest absolute Gasteiger partial charge is 0.00449 e. The fourth-order valence-corrected chi connectivity index (χ4v) is 2.99. The summed E-state index contributed by atoms with van der Waals surface area (Å²) in [6.45, 7) is 7.01. The molecule has 2 unspecified atom stereocenters. The normalized spacial score (nSPS) is 39.5. The largest absolute Gasteiger partial charge is 0.176 e. The molecule has 72 valence electrons. The van der Waals surface area contributed by atoms with Crippen LogP contribution in [0.5, 0.6) is 0 Å². The van der Waals surface area contributed by atoms with Crippen LogP contribution < -0.4 is 0 Å². The molecule has 1 heteroatoms. The van der Waals surface area contributed by atoms with Crippen molar-refractivity contribution in [2.24, 2.45) is 11.3 Å². The van der Waals surface area contributed by atoms with Crippen molar-refractivity contribution in [2.45, 2.75) is 58.1 Å². The van der Waals surface area contributed by atoms with E-state index in [0.29, 0.717) is 10.7 Å². The molecule has 0 saturated heterocycles. The molecule has 0 heterocycles. The van der Waals surface area contributed by atoms with Gasteiger partial charge in [0.05, 0.1) is 0 Å². The Hall–Kier alpha value is 0.350. The van der Waals surface area contributed by atoms with Crippen LogP contribution in [0.2, 0.25) is 0 Å². The summed E-state index contributed by atoms with van der Waals surface area (Å²) in [5, 5.41) is 0.558. The maximum Gasteiger partial charge on any atom is 0.00449 e. The van der Waals surface area contributed by atoms with Crippen molar-refractivity contribution in [3.63, 3.8) is 0 Å². The Kier molecular flexibility index (Phi) is 3.51. The molecule has 0 bridgehead atoms. The van der Waals surface area contributed by atoms with Crippen molar-refractivity contribution < 1.29 is 0 Å². The summed E-state index contributed by atoms with van der Waals surface area (Å²) in [6.07, 6.45) is 7.00. The SMILES string of the molecule is CCC1CCCCC1(C)[C@@H](C)S. The van der Waals surface area contributed by atoms with Crippen LogP contribution in [0.3, 0.4) is 0 Å². The van der Waals surface area contributed by atoms with E-state index in [1.165, 1.54) is 32.1 Å². The first-order chi connectivity index (χ1) is 5.61. The lowest BCUT2D eigenvalue weighted by molar-refractivity contribution is 0.114. The van der Waals surface area contributed by atoms with Gasteiger partial charge < -0.3 is 0 Å². The summed E-state index contributed by atoms with van der Waals surface area (Å²) in [4.78, 5) is 0. The molecule has 12 heavy (non-hydrogen) atoms. The standard InChI is InChI=1S/C11H22S/c1-4-10-7-5-6-8-11(10,3)9(2)12/h9-10,12H,4-8H2,1-3H3/t9-,10?,11?/m1/s1. The van der Waals surface area contributed by atoms with Crippen LogP contribution >= 0.6 is 12.6 Å². The fourth-order valence-electron chi connectivity index (χ4n) is 2.65. The molecule has 1 aliphatic carbocycles. The monoisotopic (exact) mass is 186 g/mol. The van der Waals surface area contributed by atoms with Gasteiger partial charge in [-0.3, -0.25) is 0 Å². The zero-order valence-corrected chi connectivity index (χ0v) is 9.53. The predicted octanol–water partition coefficient (Wildman–Crippen LogP) is 3.91. The summed E-state index contributed by atoms with van der Waals surface area (Å²) < 4.78 is 0. The third-order valence-corrected chi connectivity index (χ3v) is 4.49. The third-order valence-electron chi connectivity index (χ3n) is 3.90. The molecular formula is C11H22S. The van der Waals surface area contributed by atoms with E-state index in [9.17, 15) is 0 Å². The van der Waals surface area contributed by atoms with Crippen LogP contribution in [0.4, 0.5) is 0 Å². The summed E-state index contributed by atoms with van der Waals surface area (Å²) in [5.74, 6) is 0.916. The van der Waals surface area contributed by atoms with Crippen LogP contribution in [0, 0.1) is 11.3 Å².